The van der Waals surface area contributed by atoms with Crippen LogP contribution < -0.4 is 15.8 Å². The summed E-state index contributed by atoms with van der Waals surface area (Å²) in [6.45, 7) is 2.01. The SMILES string of the molecule is Cc1cccc(OCc2ccc(C(=O)N[C@@H](CCC(N)=O)C(=O)O)cc2)c1C=O. The zero-order chi connectivity index (χ0) is 21.4. The van der Waals surface area contributed by atoms with Crippen LogP contribution in [0.1, 0.15) is 44.7 Å². The van der Waals surface area contributed by atoms with Crippen LogP contribution in [0.5, 0.6) is 5.75 Å². The van der Waals surface area contributed by atoms with Gasteiger partial charge in [0.1, 0.15) is 18.4 Å². The molecule has 0 aliphatic heterocycles. The van der Waals surface area contributed by atoms with Crippen LogP contribution in [0.15, 0.2) is 42.5 Å². The number of aryl methyl sites for hydroxylation is 1. The number of nitrogens with one attached hydrogen (secondary N) is 1. The predicted octanol–water partition coefficient (Wildman–Crippen LogP) is 1.84. The Morgan fingerprint density at radius 1 is 1.17 bits per heavy atom. The molecule has 0 aromatic heterocycles. The fourth-order valence-electron chi connectivity index (χ4n) is 2.63. The van der Waals surface area contributed by atoms with Gasteiger partial charge in [-0.3, -0.25) is 14.4 Å². The minimum absolute atomic E-state index is 0.0854. The van der Waals surface area contributed by atoms with Crippen LogP contribution in [0, 0.1) is 6.92 Å². The lowest BCUT2D eigenvalue weighted by atomic mass is 10.1. The second kappa shape index (κ2) is 10.0. The number of hydrogen-bond acceptors (Lipinski definition) is 5. The van der Waals surface area contributed by atoms with Gasteiger partial charge in [0.05, 0.1) is 5.56 Å². The molecule has 0 aliphatic carbocycles. The molecule has 0 heterocycles. The van der Waals surface area contributed by atoms with Crippen LogP contribution in [0.3, 0.4) is 0 Å². The summed E-state index contributed by atoms with van der Waals surface area (Å²) in [5.74, 6) is -1.98. The lowest BCUT2D eigenvalue weighted by Crippen LogP contribution is -2.41. The highest BCUT2D eigenvalue weighted by atomic mass is 16.5. The highest BCUT2D eigenvalue weighted by Crippen LogP contribution is 2.21. The minimum Gasteiger partial charge on any atom is -0.488 e. The molecule has 29 heavy (non-hydrogen) atoms. The first kappa shape index (κ1) is 21.6. The van der Waals surface area contributed by atoms with Crippen LogP contribution in [0.4, 0.5) is 0 Å². The van der Waals surface area contributed by atoms with Gasteiger partial charge < -0.3 is 20.9 Å². The first-order valence-electron chi connectivity index (χ1n) is 8.90. The second-order valence-corrected chi connectivity index (χ2v) is 6.46. The summed E-state index contributed by atoms with van der Waals surface area (Å²) in [4.78, 5) is 45.5. The summed E-state index contributed by atoms with van der Waals surface area (Å²) in [6, 6.07) is 10.5. The van der Waals surface area contributed by atoms with Gasteiger partial charge in [-0.05, 0) is 42.7 Å². The largest absolute Gasteiger partial charge is 0.488 e. The molecule has 0 saturated carbocycles. The van der Waals surface area contributed by atoms with Crippen LogP contribution in [0.25, 0.3) is 0 Å². The van der Waals surface area contributed by atoms with Gasteiger partial charge in [0.15, 0.2) is 6.29 Å². The van der Waals surface area contributed by atoms with Crippen molar-refractivity contribution in [3.05, 3.63) is 64.7 Å². The number of carboxylic acid groups (broad SMARTS) is 1. The molecule has 0 spiro atoms. The van der Waals surface area contributed by atoms with Gasteiger partial charge in [-0.2, -0.15) is 0 Å². The van der Waals surface area contributed by atoms with E-state index in [1.807, 2.05) is 13.0 Å². The van der Waals surface area contributed by atoms with Crippen molar-refractivity contribution in [2.24, 2.45) is 5.73 Å². The molecule has 0 bridgehead atoms. The van der Waals surface area contributed by atoms with Crippen molar-refractivity contribution in [1.82, 2.24) is 5.32 Å². The summed E-state index contributed by atoms with van der Waals surface area (Å²) in [5.41, 5.74) is 7.35. The molecule has 0 fully saturated rings. The van der Waals surface area contributed by atoms with Crippen molar-refractivity contribution < 1.29 is 29.0 Å². The zero-order valence-corrected chi connectivity index (χ0v) is 15.9. The van der Waals surface area contributed by atoms with Crippen molar-refractivity contribution in [2.45, 2.75) is 32.4 Å². The average Bonchev–Trinajstić information content (AvgIpc) is 2.69. The molecule has 1 atom stereocenters. The van der Waals surface area contributed by atoms with E-state index in [4.69, 9.17) is 15.6 Å². The van der Waals surface area contributed by atoms with Crippen LogP contribution in [0.2, 0.25) is 0 Å². The van der Waals surface area contributed by atoms with Gasteiger partial charge >= 0.3 is 5.97 Å². The maximum absolute atomic E-state index is 12.3. The van der Waals surface area contributed by atoms with Crippen molar-refractivity contribution in [2.75, 3.05) is 0 Å². The van der Waals surface area contributed by atoms with Gasteiger partial charge in [-0.1, -0.05) is 24.3 Å². The summed E-state index contributed by atoms with van der Waals surface area (Å²) >= 11 is 0. The molecular formula is C21H22N2O6. The van der Waals surface area contributed by atoms with E-state index < -0.39 is 23.8 Å². The number of carbonyl (C=O) groups is 4. The molecule has 0 saturated heterocycles. The Labute approximate surface area is 167 Å². The molecule has 4 N–H and O–H groups in total. The van der Waals surface area contributed by atoms with Crippen LogP contribution in [-0.4, -0.2) is 35.2 Å². The zero-order valence-electron chi connectivity index (χ0n) is 15.9. The maximum Gasteiger partial charge on any atom is 0.326 e. The summed E-state index contributed by atoms with van der Waals surface area (Å²) in [5, 5.41) is 11.5. The quantitative estimate of drug-likeness (QED) is 0.523. The third-order valence-electron chi connectivity index (χ3n) is 4.30. The fraction of sp³-hybridized carbons (Fsp3) is 0.238. The van der Waals surface area contributed by atoms with E-state index >= 15 is 0 Å². The number of nitrogens with two attached hydrogens (primary N) is 1. The lowest BCUT2D eigenvalue weighted by molar-refractivity contribution is -0.139. The second-order valence-electron chi connectivity index (χ2n) is 6.46. The number of amides is 2. The highest BCUT2D eigenvalue weighted by Gasteiger charge is 2.21. The van der Waals surface area contributed by atoms with Gasteiger partial charge in [0.2, 0.25) is 5.91 Å². The Bertz CT molecular complexity index is 908. The smallest absolute Gasteiger partial charge is 0.326 e. The van der Waals surface area contributed by atoms with E-state index in [1.54, 1.807) is 24.3 Å². The van der Waals surface area contributed by atoms with E-state index in [9.17, 15) is 19.2 Å². The molecule has 8 nitrogen and oxygen atoms in total. The third kappa shape index (κ3) is 6.17. The highest BCUT2D eigenvalue weighted by molar-refractivity contribution is 5.96. The average molecular weight is 398 g/mol. The molecule has 0 unspecified atom stereocenters. The maximum atomic E-state index is 12.3. The predicted molar refractivity (Wildman–Crippen MR) is 105 cm³/mol. The van der Waals surface area contributed by atoms with Crippen molar-refractivity contribution in [1.29, 1.82) is 0 Å². The van der Waals surface area contributed by atoms with E-state index in [2.05, 4.69) is 5.32 Å². The number of hydrogen-bond donors (Lipinski definition) is 3. The normalized spacial score (nSPS) is 11.3. The number of carbonyl (C=O) groups excluding carboxylic acids is 3. The first-order valence-corrected chi connectivity index (χ1v) is 8.90. The van der Waals surface area contributed by atoms with Gasteiger partial charge in [-0.15, -0.1) is 0 Å². The number of benzene rings is 2. The number of carboxylic acids is 1. The monoisotopic (exact) mass is 398 g/mol. The van der Waals surface area contributed by atoms with E-state index in [0.29, 0.717) is 11.3 Å². The molecule has 2 aromatic carbocycles. The topological polar surface area (TPSA) is 136 Å². The standard InChI is InChI=1S/C21H22N2O6/c1-13-3-2-4-18(16(13)11-24)29-12-14-5-7-15(8-6-14)20(26)23-17(21(27)28)9-10-19(22)25/h2-8,11,17H,9-10,12H2,1H3,(H2,22,25)(H,23,26)(H,27,28)/t17-/m0/s1. The Kier molecular flexibility index (Phi) is 7.47. The van der Waals surface area contributed by atoms with Crippen LogP contribution >= 0.6 is 0 Å². The Balaban J connectivity index is 1.99. The number of ether oxygens (including phenoxy) is 1. The number of aldehydes is 1. The first-order chi connectivity index (χ1) is 13.8. The molecule has 0 radical (unpaired) electrons. The van der Waals surface area contributed by atoms with Crippen LogP contribution in [-0.2, 0) is 16.2 Å². The lowest BCUT2D eigenvalue weighted by Gasteiger charge is -2.14. The van der Waals surface area contributed by atoms with Gasteiger partial charge in [-0.25, -0.2) is 4.79 Å². The minimum atomic E-state index is -1.24. The van der Waals surface area contributed by atoms with Crippen molar-refractivity contribution in [3.8, 4) is 5.75 Å². The summed E-state index contributed by atoms with van der Waals surface area (Å²) < 4.78 is 5.69. The third-order valence-corrected chi connectivity index (χ3v) is 4.30. The Morgan fingerprint density at radius 3 is 2.45 bits per heavy atom. The summed E-state index contributed by atoms with van der Waals surface area (Å²) in [7, 11) is 0. The molecule has 2 aromatic rings. The Hall–Kier alpha value is -3.68. The summed E-state index contributed by atoms with van der Waals surface area (Å²) in [6.07, 6.45) is 0.516. The van der Waals surface area contributed by atoms with Gasteiger partial charge in [0, 0.05) is 12.0 Å². The van der Waals surface area contributed by atoms with Gasteiger partial charge in [0.25, 0.3) is 5.91 Å². The number of rotatable bonds is 10. The number of aliphatic carboxylic acids is 1. The Morgan fingerprint density at radius 2 is 1.86 bits per heavy atom. The van der Waals surface area contributed by atoms with E-state index in [0.717, 1.165) is 17.4 Å². The van der Waals surface area contributed by atoms with Crippen molar-refractivity contribution in [3.63, 3.8) is 0 Å². The molecule has 0 aliphatic rings. The van der Waals surface area contributed by atoms with E-state index in [-0.39, 0.29) is 25.0 Å². The molecular weight excluding hydrogens is 376 g/mol. The molecule has 152 valence electrons. The van der Waals surface area contributed by atoms with E-state index in [1.165, 1.54) is 12.1 Å². The number of primary amides is 1. The van der Waals surface area contributed by atoms with Crippen molar-refractivity contribution >= 4 is 24.1 Å². The fourth-order valence-corrected chi connectivity index (χ4v) is 2.63. The molecule has 2 amide bonds. The molecule has 2 rings (SSSR count). The molecule has 8 heteroatoms.